The van der Waals surface area contributed by atoms with E-state index in [1.54, 1.807) is 11.3 Å². The summed E-state index contributed by atoms with van der Waals surface area (Å²) in [5.41, 5.74) is 22.5. The topological polar surface area (TPSA) is 127 Å². The Morgan fingerprint density at radius 1 is 0.202 bits per heavy atom. The SMILES string of the molecule is c1ccc(-c2ccc3c4ccccc4n(-c4ccc5oc6cc(-c7nc(-c8ccccc8)nc(-c8cc(-c9ccc%10c(c9)c9ccc(-c%11ccccc%11)cc9n%10-c9ccc%10oc%11cc(-c%12nc(-c%13ccccc%13)nc(-c%13cccc%14c%13sc%13ccccc%13%14)n%12)ccc%11c%10c9)cc9c8oc8ccccc89)n7)ccc6c5c4)c3c2)cc1. The van der Waals surface area contributed by atoms with Gasteiger partial charge in [0.2, 0.25) is 0 Å². The standard InChI is InChI=1S/C102H58N8O3S/c1-5-20-59(21-6-1)64-36-43-72-71-28-13-16-33-85(71)109(87(72)53-64)69-41-48-90-81(57-69)75-46-39-67(56-93(75)111-90)100-104-98(62-26-11-4-12-27-62)106-102(108-100)84-52-68(51-83-74-29-14-17-34-89(74)113-95(83)84)63-40-47-86-80(50-63)73-44-37-65(60-22-7-2-8-23-60)54-88(73)110(86)70-42-49-91-82(58-70)76-45-38-66(55-92(76)112-91)99-103-97(61-24-9-3-10-25-61)105-101(107-99)79-32-19-31-78-77-30-15-18-35-94(77)114-96(78)79/h1-58H. The number of furan rings is 3. The lowest BCUT2D eigenvalue weighted by Gasteiger charge is -2.11. The van der Waals surface area contributed by atoms with Gasteiger partial charge >= 0.3 is 0 Å². The Hall–Kier alpha value is -15.2. The summed E-state index contributed by atoms with van der Waals surface area (Å²) in [6.45, 7) is 0. The zero-order chi connectivity index (χ0) is 74.6. The number of hydrogen-bond donors (Lipinski definition) is 0. The fourth-order valence-corrected chi connectivity index (χ4v) is 18.4. The Bertz CT molecular complexity index is 8120. The summed E-state index contributed by atoms with van der Waals surface area (Å²) in [6, 6.07) is 124. The fraction of sp³-hybridized carbons (Fsp3) is 0. The van der Waals surface area contributed by atoms with Gasteiger partial charge in [-0.05, 0) is 155 Å². The van der Waals surface area contributed by atoms with Crippen LogP contribution in [0.25, 0.3) is 243 Å². The highest BCUT2D eigenvalue weighted by Gasteiger charge is 2.25. The largest absolute Gasteiger partial charge is 0.456 e. The third kappa shape index (κ3) is 10.2. The molecule has 0 aliphatic heterocycles. The fourth-order valence-electron chi connectivity index (χ4n) is 17.2. The van der Waals surface area contributed by atoms with Crippen molar-refractivity contribution in [3.8, 4) is 113 Å². The van der Waals surface area contributed by atoms with Gasteiger partial charge in [0.05, 0.1) is 27.6 Å². The zero-order valence-corrected chi connectivity index (χ0v) is 61.5. The van der Waals surface area contributed by atoms with Crippen molar-refractivity contribution in [2.75, 3.05) is 0 Å². The van der Waals surface area contributed by atoms with E-state index in [4.69, 9.17) is 43.2 Å². The van der Waals surface area contributed by atoms with Gasteiger partial charge in [-0.1, -0.05) is 231 Å². The molecule has 12 heteroatoms. The van der Waals surface area contributed by atoms with E-state index in [1.807, 2.05) is 72.8 Å². The maximum absolute atomic E-state index is 6.95. The summed E-state index contributed by atoms with van der Waals surface area (Å²) in [7, 11) is 0. The highest BCUT2D eigenvalue weighted by Crippen LogP contribution is 2.47. The van der Waals surface area contributed by atoms with Gasteiger partial charge in [0.15, 0.2) is 34.9 Å². The molecule has 0 amide bonds. The van der Waals surface area contributed by atoms with Crippen molar-refractivity contribution in [3.05, 3.63) is 352 Å². The average Bonchev–Trinajstić information content (AvgIpc) is 1.56. The van der Waals surface area contributed by atoms with Crippen molar-refractivity contribution in [2.45, 2.75) is 0 Å². The molecule has 0 saturated heterocycles. The summed E-state index contributed by atoms with van der Waals surface area (Å²) in [5.74, 6) is 3.27. The lowest BCUT2D eigenvalue weighted by molar-refractivity contribution is 0.668. The first kappa shape index (κ1) is 63.7. The minimum Gasteiger partial charge on any atom is -0.456 e. The van der Waals surface area contributed by atoms with Gasteiger partial charge in [0.1, 0.15) is 33.5 Å². The Morgan fingerprint density at radius 2 is 0.623 bits per heavy atom. The lowest BCUT2D eigenvalue weighted by Crippen LogP contribution is -2.00. The first-order chi connectivity index (χ1) is 56.4. The smallest absolute Gasteiger partial charge is 0.167 e. The summed E-state index contributed by atoms with van der Waals surface area (Å²) in [5, 5.41) is 12.9. The maximum Gasteiger partial charge on any atom is 0.167 e. The Labute approximate surface area is 653 Å². The molecule has 24 aromatic rings. The van der Waals surface area contributed by atoms with Crippen molar-refractivity contribution in [3.63, 3.8) is 0 Å². The number of fused-ring (bicyclic) bond motifs is 18. The molecule has 16 aromatic carbocycles. The zero-order valence-electron chi connectivity index (χ0n) is 60.7. The van der Waals surface area contributed by atoms with Crippen LogP contribution in [0.15, 0.2) is 365 Å². The van der Waals surface area contributed by atoms with Crippen LogP contribution in [-0.4, -0.2) is 39.0 Å². The minimum absolute atomic E-state index is 0.471. The third-order valence-electron chi connectivity index (χ3n) is 22.6. The summed E-state index contributed by atoms with van der Waals surface area (Å²) in [4.78, 5) is 31.7. The number of nitrogens with zero attached hydrogens (tertiary/aromatic N) is 8. The van der Waals surface area contributed by atoms with Crippen LogP contribution in [-0.2, 0) is 0 Å². The molecule has 0 fully saturated rings. The van der Waals surface area contributed by atoms with E-state index in [1.165, 1.54) is 31.8 Å². The second-order valence-corrected chi connectivity index (χ2v) is 30.3. The quantitative estimate of drug-likeness (QED) is 0.124. The molecule has 0 aliphatic rings. The first-order valence-electron chi connectivity index (χ1n) is 38.1. The molecular formula is C102H58N8O3S. The predicted octanol–water partition coefficient (Wildman–Crippen LogP) is 27.3. The second-order valence-electron chi connectivity index (χ2n) is 29.2. The van der Waals surface area contributed by atoms with Gasteiger partial charge in [-0.15, -0.1) is 11.3 Å². The van der Waals surface area contributed by atoms with E-state index in [0.717, 1.165) is 170 Å². The Balaban J connectivity index is 0.630. The van der Waals surface area contributed by atoms with Crippen LogP contribution in [0, 0.1) is 0 Å². The number of benzene rings is 16. The van der Waals surface area contributed by atoms with Gasteiger partial charge in [-0.25, -0.2) is 29.9 Å². The van der Waals surface area contributed by atoms with Crippen molar-refractivity contribution >= 4 is 141 Å². The summed E-state index contributed by atoms with van der Waals surface area (Å²) >= 11 is 1.76. The molecule has 114 heavy (non-hydrogen) atoms. The highest BCUT2D eigenvalue weighted by atomic mass is 32.1. The molecule has 0 atom stereocenters. The number of aromatic nitrogens is 8. The molecule has 8 heterocycles. The van der Waals surface area contributed by atoms with Crippen LogP contribution < -0.4 is 0 Å². The van der Waals surface area contributed by atoms with E-state index in [2.05, 4.69) is 288 Å². The molecule has 0 aliphatic carbocycles. The highest BCUT2D eigenvalue weighted by molar-refractivity contribution is 7.26. The summed E-state index contributed by atoms with van der Waals surface area (Å²) in [6.07, 6.45) is 0. The number of hydrogen-bond acceptors (Lipinski definition) is 10. The van der Waals surface area contributed by atoms with Gasteiger partial charge in [0.25, 0.3) is 0 Å². The van der Waals surface area contributed by atoms with E-state index >= 15 is 0 Å². The van der Waals surface area contributed by atoms with Gasteiger partial charge < -0.3 is 22.4 Å². The monoisotopic (exact) mass is 1470 g/mol. The first-order valence-corrected chi connectivity index (χ1v) is 38.9. The third-order valence-corrected chi connectivity index (χ3v) is 23.8. The van der Waals surface area contributed by atoms with Crippen molar-refractivity contribution in [1.82, 2.24) is 39.0 Å². The lowest BCUT2D eigenvalue weighted by atomic mass is 9.97. The Morgan fingerprint density at radius 3 is 1.23 bits per heavy atom. The molecule has 8 aromatic heterocycles. The molecule has 0 saturated carbocycles. The van der Waals surface area contributed by atoms with E-state index in [0.29, 0.717) is 40.5 Å². The van der Waals surface area contributed by atoms with Crippen molar-refractivity contribution in [2.24, 2.45) is 0 Å². The maximum atomic E-state index is 6.95. The van der Waals surface area contributed by atoms with Crippen LogP contribution in [0.1, 0.15) is 0 Å². The molecule has 530 valence electrons. The number of rotatable bonds is 11. The van der Waals surface area contributed by atoms with Crippen molar-refractivity contribution in [1.29, 1.82) is 0 Å². The van der Waals surface area contributed by atoms with Crippen LogP contribution >= 0.6 is 11.3 Å². The normalized spacial score (nSPS) is 12.0. The molecule has 0 radical (unpaired) electrons. The summed E-state index contributed by atoms with van der Waals surface area (Å²) < 4.78 is 27.7. The second kappa shape index (κ2) is 25.2. The molecule has 24 rings (SSSR count). The Kier molecular flexibility index (Phi) is 14.0. The number of para-hydroxylation sites is 2. The van der Waals surface area contributed by atoms with E-state index < -0.39 is 0 Å². The molecular weight excluding hydrogens is 1420 g/mol. The van der Waals surface area contributed by atoms with Gasteiger partial charge in [-0.2, -0.15) is 0 Å². The molecule has 0 spiro atoms. The van der Waals surface area contributed by atoms with Crippen LogP contribution in [0.5, 0.6) is 0 Å². The molecule has 0 N–H and O–H groups in total. The minimum atomic E-state index is 0.471. The van der Waals surface area contributed by atoms with Crippen LogP contribution in [0.2, 0.25) is 0 Å². The van der Waals surface area contributed by atoms with E-state index in [-0.39, 0.29) is 0 Å². The van der Waals surface area contributed by atoms with Crippen LogP contribution in [0.3, 0.4) is 0 Å². The van der Waals surface area contributed by atoms with Crippen molar-refractivity contribution < 1.29 is 13.3 Å². The molecule has 0 unspecified atom stereocenters. The van der Waals surface area contributed by atoms with Gasteiger partial charge in [-0.3, -0.25) is 0 Å². The van der Waals surface area contributed by atoms with Crippen LogP contribution in [0.4, 0.5) is 0 Å². The average molecular weight is 1480 g/mol. The predicted molar refractivity (Wildman–Crippen MR) is 466 cm³/mol. The van der Waals surface area contributed by atoms with Gasteiger partial charge in [0, 0.05) is 113 Å². The van der Waals surface area contributed by atoms with E-state index in [9.17, 15) is 0 Å². The molecule has 11 nitrogen and oxygen atoms in total. The molecule has 0 bridgehead atoms. The number of thiophene rings is 1.